The Kier molecular flexibility index (Phi) is 7.30. The van der Waals surface area contributed by atoms with Gasteiger partial charge in [0.05, 0.1) is 0 Å². The topological polar surface area (TPSA) is 41.6 Å². The first-order valence-corrected chi connectivity index (χ1v) is 8.31. The summed E-state index contributed by atoms with van der Waals surface area (Å²) >= 11 is 0. The largest absolute Gasteiger partial charge is 0.483 e. The number of carbonyl (C=O) groups is 1. The van der Waals surface area contributed by atoms with Crippen molar-refractivity contribution < 1.29 is 9.53 Å². The van der Waals surface area contributed by atoms with Gasteiger partial charge in [0.15, 0.2) is 6.61 Å². The lowest BCUT2D eigenvalue weighted by atomic mass is 10.0. The molecule has 0 unspecified atom stereocenters. The van der Waals surface area contributed by atoms with Crippen LogP contribution in [0.2, 0.25) is 0 Å². The van der Waals surface area contributed by atoms with Crippen molar-refractivity contribution in [2.75, 3.05) is 33.8 Å². The summed E-state index contributed by atoms with van der Waals surface area (Å²) in [4.78, 5) is 14.0. The van der Waals surface area contributed by atoms with Gasteiger partial charge in [-0.3, -0.25) is 4.79 Å². The Morgan fingerprint density at radius 2 is 1.75 bits per heavy atom. The molecule has 1 amide bonds. The van der Waals surface area contributed by atoms with E-state index in [1.54, 1.807) is 0 Å². The number of para-hydroxylation sites is 1. The average molecular weight is 326 g/mol. The minimum atomic E-state index is -0.0803. The van der Waals surface area contributed by atoms with Crippen LogP contribution in [0.3, 0.4) is 0 Å². The van der Waals surface area contributed by atoms with Crippen molar-refractivity contribution in [3.8, 4) is 5.75 Å². The van der Waals surface area contributed by atoms with Crippen LogP contribution in [0.25, 0.3) is 0 Å². The van der Waals surface area contributed by atoms with Crippen LogP contribution in [-0.2, 0) is 11.2 Å². The van der Waals surface area contributed by atoms with Gasteiger partial charge in [0, 0.05) is 13.0 Å². The van der Waals surface area contributed by atoms with Gasteiger partial charge in [-0.2, -0.15) is 0 Å². The van der Waals surface area contributed by atoms with Gasteiger partial charge in [0.1, 0.15) is 5.75 Å². The zero-order valence-corrected chi connectivity index (χ0v) is 14.5. The van der Waals surface area contributed by atoms with Gasteiger partial charge in [-0.25, -0.2) is 0 Å². The number of hydrogen-bond donors (Lipinski definition) is 1. The molecule has 0 bridgehead atoms. The Balaban J connectivity index is 1.83. The quantitative estimate of drug-likeness (QED) is 0.721. The molecule has 0 saturated carbocycles. The highest BCUT2D eigenvalue weighted by Crippen LogP contribution is 2.21. The third-order valence-electron chi connectivity index (χ3n) is 3.67. The van der Waals surface area contributed by atoms with E-state index in [1.165, 1.54) is 5.56 Å². The van der Waals surface area contributed by atoms with E-state index < -0.39 is 0 Å². The van der Waals surface area contributed by atoms with Gasteiger partial charge in [-0.05, 0) is 44.3 Å². The molecule has 0 aliphatic carbocycles. The fourth-order valence-electron chi connectivity index (χ4n) is 2.42. The lowest BCUT2D eigenvalue weighted by Gasteiger charge is -2.12. The Morgan fingerprint density at radius 1 is 1.04 bits per heavy atom. The normalized spacial score (nSPS) is 10.6. The molecule has 0 aliphatic heterocycles. The highest BCUT2D eigenvalue weighted by atomic mass is 16.5. The lowest BCUT2D eigenvalue weighted by molar-refractivity contribution is -0.123. The van der Waals surface area contributed by atoms with E-state index in [0.29, 0.717) is 6.54 Å². The van der Waals surface area contributed by atoms with Gasteiger partial charge in [-0.15, -0.1) is 0 Å². The van der Waals surface area contributed by atoms with Gasteiger partial charge >= 0.3 is 0 Å². The first kappa shape index (κ1) is 18.0. The highest BCUT2D eigenvalue weighted by molar-refractivity contribution is 5.77. The highest BCUT2D eigenvalue weighted by Gasteiger charge is 2.07. The van der Waals surface area contributed by atoms with E-state index in [0.717, 1.165) is 30.7 Å². The molecular formula is C20H26N2O2. The molecule has 128 valence electrons. The van der Waals surface area contributed by atoms with Gasteiger partial charge in [-0.1, -0.05) is 48.5 Å². The van der Waals surface area contributed by atoms with E-state index >= 15 is 0 Å². The van der Waals surface area contributed by atoms with Crippen molar-refractivity contribution in [2.24, 2.45) is 0 Å². The Morgan fingerprint density at radius 3 is 2.50 bits per heavy atom. The number of hydrogen-bond acceptors (Lipinski definition) is 3. The minimum Gasteiger partial charge on any atom is -0.483 e. The third-order valence-corrected chi connectivity index (χ3v) is 3.67. The summed E-state index contributed by atoms with van der Waals surface area (Å²) in [5, 5.41) is 2.89. The summed E-state index contributed by atoms with van der Waals surface area (Å²) in [6.07, 6.45) is 1.73. The van der Waals surface area contributed by atoms with Crippen molar-refractivity contribution in [1.82, 2.24) is 10.2 Å². The second-order valence-corrected chi connectivity index (χ2v) is 6.07. The maximum Gasteiger partial charge on any atom is 0.257 e. The van der Waals surface area contributed by atoms with E-state index in [4.69, 9.17) is 4.74 Å². The Hall–Kier alpha value is -2.33. The van der Waals surface area contributed by atoms with Crippen molar-refractivity contribution in [2.45, 2.75) is 12.8 Å². The summed E-state index contributed by atoms with van der Waals surface area (Å²) in [6.45, 7) is 1.68. The summed E-state index contributed by atoms with van der Waals surface area (Å²) in [7, 11) is 4.04. The van der Waals surface area contributed by atoms with Crippen molar-refractivity contribution >= 4 is 5.91 Å². The maximum absolute atomic E-state index is 11.9. The first-order valence-electron chi connectivity index (χ1n) is 8.31. The predicted molar refractivity (Wildman–Crippen MR) is 97.4 cm³/mol. The molecule has 2 aromatic carbocycles. The molecule has 0 spiro atoms. The van der Waals surface area contributed by atoms with Gasteiger partial charge in [0.2, 0.25) is 0 Å². The molecule has 0 heterocycles. The van der Waals surface area contributed by atoms with Crippen LogP contribution in [0.4, 0.5) is 0 Å². The van der Waals surface area contributed by atoms with Crippen LogP contribution < -0.4 is 10.1 Å². The SMILES string of the molecule is CN(C)CCCNC(=O)COc1ccccc1Cc1ccccc1. The van der Waals surface area contributed by atoms with E-state index in [2.05, 4.69) is 22.3 Å². The zero-order valence-electron chi connectivity index (χ0n) is 14.5. The van der Waals surface area contributed by atoms with Crippen LogP contribution in [0, 0.1) is 0 Å². The molecule has 0 fully saturated rings. The molecule has 24 heavy (non-hydrogen) atoms. The monoisotopic (exact) mass is 326 g/mol. The standard InChI is InChI=1S/C20H26N2O2/c1-22(2)14-8-13-21-20(23)16-24-19-12-7-6-11-18(19)15-17-9-4-3-5-10-17/h3-7,9-12H,8,13-16H2,1-2H3,(H,21,23). The molecule has 0 radical (unpaired) electrons. The number of ether oxygens (including phenoxy) is 1. The summed E-state index contributed by atoms with van der Waals surface area (Å²) < 4.78 is 5.73. The molecule has 0 atom stereocenters. The molecule has 0 aromatic heterocycles. The maximum atomic E-state index is 11.9. The molecule has 2 rings (SSSR count). The van der Waals surface area contributed by atoms with Crippen molar-refractivity contribution in [1.29, 1.82) is 0 Å². The van der Waals surface area contributed by atoms with Crippen LogP contribution in [0.5, 0.6) is 5.75 Å². The van der Waals surface area contributed by atoms with Gasteiger partial charge < -0.3 is 15.0 Å². The van der Waals surface area contributed by atoms with E-state index in [9.17, 15) is 4.79 Å². The predicted octanol–water partition coefficient (Wildman–Crippen LogP) is 2.72. The first-order chi connectivity index (χ1) is 11.6. The second kappa shape index (κ2) is 9.73. The number of nitrogens with zero attached hydrogens (tertiary/aromatic N) is 1. The molecule has 4 heteroatoms. The fourth-order valence-corrected chi connectivity index (χ4v) is 2.42. The van der Waals surface area contributed by atoms with Crippen LogP contribution in [0.1, 0.15) is 17.5 Å². The minimum absolute atomic E-state index is 0.0494. The Labute approximate surface area is 144 Å². The van der Waals surface area contributed by atoms with Crippen LogP contribution in [0.15, 0.2) is 54.6 Å². The van der Waals surface area contributed by atoms with Crippen LogP contribution in [-0.4, -0.2) is 44.6 Å². The Bertz CT molecular complexity index is 627. The van der Waals surface area contributed by atoms with Crippen molar-refractivity contribution in [3.63, 3.8) is 0 Å². The van der Waals surface area contributed by atoms with Crippen molar-refractivity contribution in [3.05, 3.63) is 65.7 Å². The molecule has 2 aromatic rings. The molecular weight excluding hydrogens is 300 g/mol. The summed E-state index contributed by atoms with van der Waals surface area (Å²) in [5.41, 5.74) is 2.31. The number of benzene rings is 2. The molecule has 1 N–H and O–H groups in total. The zero-order chi connectivity index (χ0) is 17.2. The summed E-state index contributed by atoms with van der Waals surface area (Å²) in [5.74, 6) is 0.688. The van der Waals surface area contributed by atoms with E-state index in [-0.39, 0.29) is 12.5 Å². The fraction of sp³-hybridized carbons (Fsp3) is 0.350. The van der Waals surface area contributed by atoms with Crippen LogP contribution >= 0.6 is 0 Å². The molecule has 0 aliphatic rings. The number of nitrogens with one attached hydrogen (secondary N) is 1. The summed E-state index contributed by atoms with van der Waals surface area (Å²) in [6, 6.07) is 18.1. The average Bonchev–Trinajstić information content (AvgIpc) is 2.59. The van der Waals surface area contributed by atoms with E-state index in [1.807, 2.05) is 56.6 Å². The smallest absolute Gasteiger partial charge is 0.257 e. The molecule has 0 saturated heterocycles. The second-order valence-electron chi connectivity index (χ2n) is 6.07. The number of carbonyl (C=O) groups excluding carboxylic acids is 1. The number of rotatable bonds is 9. The molecule has 4 nitrogen and oxygen atoms in total. The lowest BCUT2D eigenvalue weighted by Crippen LogP contribution is -2.31. The number of amides is 1. The third kappa shape index (κ3) is 6.42. The van der Waals surface area contributed by atoms with Gasteiger partial charge in [0.25, 0.3) is 5.91 Å².